The van der Waals surface area contributed by atoms with Crippen LogP contribution in [0.1, 0.15) is 37.7 Å². The Kier molecular flexibility index (Phi) is 3.63. The van der Waals surface area contributed by atoms with Crippen LogP contribution in [0.3, 0.4) is 0 Å². The van der Waals surface area contributed by atoms with Gasteiger partial charge in [-0.1, -0.05) is 30.3 Å². The van der Waals surface area contributed by atoms with E-state index in [4.69, 9.17) is 0 Å². The Labute approximate surface area is 149 Å². The number of carbonyl (C=O) groups excluding carboxylic acids is 2. The number of benzene rings is 2. The molecule has 6 nitrogen and oxygen atoms in total. The number of aromatic nitrogens is 2. The quantitative estimate of drug-likeness (QED) is 0.686. The summed E-state index contributed by atoms with van der Waals surface area (Å²) in [5, 5.41) is 14.0. The van der Waals surface area contributed by atoms with E-state index in [2.05, 4.69) is 11.2 Å². The summed E-state index contributed by atoms with van der Waals surface area (Å²) in [7, 11) is 0. The number of nitrogens with zero attached hydrogens (tertiary/aromatic N) is 4. The Balaban J connectivity index is 1.80. The lowest BCUT2D eigenvalue weighted by Gasteiger charge is -2.15. The smallest absolute Gasteiger partial charge is 0.261 e. The van der Waals surface area contributed by atoms with Crippen LogP contribution in [-0.4, -0.2) is 26.5 Å². The van der Waals surface area contributed by atoms with E-state index in [-0.39, 0.29) is 18.4 Å². The van der Waals surface area contributed by atoms with Gasteiger partial charge in [-0.25, -0.2) is 4.68 Å². The SMILES string of the molecule is Cc1nn(-c2ccccc2)c(CN2C(=O)c3ccccc3C2=O)c1C#N. The standard InChI is InChI=1S/C20H14N4O2/c1-13-17(11-21)18(24(22-13)14-7-3-2-4-8-14)12-23-19(25)15-9-5-6-10-16(15)20(23)26/h2-10H,12H2,1H3. The maximum absolute atomic E-state index is 12.7. The molecule has 0 saturated heterocycles. The third kappa shape index (κ3) is 2.30. The highest BCUT2D eigenvalue weighted by atomic mass is 16.2. The third-order valence-electron chi connectivity index (χ3n) is 4.45. The largest absolute Gasteiger partial charge is 0.269 e. The van der Waals surface area contributed by atoms with Crippen molar-refractivity contribution in [3.8, 4) is 11.8 Å². The molecule has 0 atom stereocenters. The predicted octanol–water partition coefficient (Wildman–Crippen LogP) is 2.85. The van der Waals surface area contributed by atoms with Crippen LogP contribution in [0.2, 0.25) is 0 Å². The summed E-state index contributed by atoms with van der Waals surface area (Å²) in [6.07, 6.45) is 0. The van der Waals surface area contributed by atoms with E-state index in [1.807, 2.05) is 30.3 Å². The summed E-state index contributed by atoms with van der Waals surface area (Å²) in [5.41, 5.74) is 3.00. The van der Waals surface area contributed by atoms with Crippen molar-refractivity contribution in [3.63, 3.8) is 0 Å². The number of imide groups is 1. The van der Waals surface area contributed by atoms with Crippen molar-refractivity contribution in [1.82, 2.24) is 14.7 Å². The molecule has 0 saturated carbocycles. The van der Waals surface area contributed by atoms with Crippen LogP contribution in [-0.2, 0) is 6.54 Å². The number of hydrogen-bond acceptors (Lipinski definition) is 4. The molecule has 6 heteroatoms. The van der Waals surface area contributed by atoms with Crippen LogP contribution in [0.15, 0.2) is 54.6 Å². The van der Waals surface area contributed by atoms with E-state index in [1.165, 1.54) is 4.90 Å². The Hall–Kier alpha value is -3.72. The monoisotopic (exact) mass is 342 g/mol. The van der Waals surface area contributed by atoms with Gasteiger partial charge in [0.05, 0.1) is 40.3 Å². The van der Waals surface area contributed by atoms with E-state index in [9.17, 15) is 14.9 Å². The number of carbonyl (C=O) groups is 2. The number of amides is 2. The number of rotatable bonds is 3. The summed E-state index contributed by atoms with van der Waals surface area (Å²) in [5.74, 6) is -0.707. The van der Waals surface area contributed by atoms with Gasteiger partial charge in [0.15, 0.2) is 0 Å². The lowest BCUT2D eigenvalue weighted by Crippen LogP contribution is -2.30. The molecule has 26 heavy (non-hydrogen) atoms. The van der Waals surface area contributed by atoms with Gasteiger partial charge in [-0.2, -0.15) is 10.4 Å². The molecule has 0 spiro atoms. The van der Waals surface area contributed by atoms with Gasteiger partial charge < -0.3 is 0 Å². The summed E-state index contributed by atoms with van der Waals surface area (Å²) in [4.78, 5) is 26.5. The molecule has 0 aliphatic carbocycles. The minimum absolute atomic E-state index is 0.00895. The van der Waals surface area contributed by atoms with Crippen LogP contribution in [0.5, 0.6) is 0 Å². The van der Waals surface area contributed by atoms with E-state index in [0.717, 1.165) is 5.69 Å². The summed E-state index contributed by atoms with van der Waals surface area (Å²) in [6.45, 7) is 1.73. The molecule has 1 aliphatic rings. The number of hydrogen-bond donors (Lipinski definition) is 0. The fourth-order valence-corrected chi connectivity index (χ4v) is 3.18. The average Bonchev–Trinajstić information content (AvgIpc) is 3.12. The van der Waals surface area contributed by atoms with Gasteiger partial charge in [0.25, 0.3) is 11.8 Å². The number of fused-ring (bicyclic) bond motifs is 1. The van der Waals surface area contributed by atoms with E-state index in [0.29, 0.717) is 28.1 Å². The number of aryl methyl sites for hydroxylation is 1. The Morgan fingerprint density at radius 1 is 0.962 bits per heavy atom. The fourth-order valence-electron chi connectivity index (χ4n) is 3.18. The maximum atomic E-state index is 12.7. The van der Waals surface area contributed by atoms with Gasteiger partial charge >= 0.3 is 0 Å². The van der Waals surface area contributed by atoms with Gasteiger partial charge in [0.2, 0.25) is 0 Å². The van der Waals surface area contributed by atoms with E-state index < -0.39 is 0 Å². The molecule has 4 rings (SSSR count). The number of para-hydroxylation sites is 1. The highest BCUT2D eigenvalue weighted by Crippen LogP contribution is 2.27. The molecule has 0 N–H and O–H groups in total. The van der Waals surface area contributed by atoms with Crippen molar-refractivity contribution in [1.29, 1.82) is 5.26 Å². The molecular weight excluding hydrogens is 328 g/mol. The second-order valence-corrected chi connectivity index (χ2v) is 6.01. The first-order valence-corrected chi connectivity index (χ1v) is 8.11. The minimum atomic E-state index is -0.354. The molecule has 2 aromatic carbocycles. The molecule has 0 fully saturated rings. The lowest BCUT2D eigenvalue weighted by molar-refractivity contribution is 0.0639. The zero-order valence-electron chi connectivity index (χ0n) is 14.0. The summed E-state index contributed by atoms with van der Waals surface area (Å²) < 4.78 is 1.62. The second kappa shape index (κ2) is 5.97. The number of nitriles is 1. The second-order valence-electron chi connectivity index (χ2n) is 6.01. The van der Waals surface area contributed by atoms with Crippen molar-refractivity contribution in [3.05, 3.63) is 82.7 Å². The molecule has 0 unspecified atom stereocenters. The molecule has 2 amide bonds. The van der Waals surface area contributed by atoms with E-state index in [1.54, 1.807) is 35.9 Å². The summed E-state index contributed by atoms with van der Waals surface area (Å²) in [6, 6.07) is 18.2. The molecule has 126 valence electrons. The van der Waals surface area contributed by atoms with Crippen molar-refractivity contribution in [2.24, 2.45) is 0 Å². The van der Waals surface area contributed by atoms with Crippen LogP contribution in [0.4, 0.5) is 0 Å². The van der Waals surface area contributed by atoms with E-state index >= 15 is 0 Å². The van der Waals surface area contributed by atoms with Crippen molar-refractivity contribution >= 4 is 11.8 Å². The maximum Gasteiger partial charge on any atom is 0.261 e. The predicted molar refractivity (Wildman–Crippen MR) is 93.7 cm³/mol. The Morgan fingerprint density at radius 2 is 1.54 bits per heavy atom. The molecule has 3 aromatic rings. The van der Waals surface area contributed by atoms with Gasteiger partial charge in [-0.3, -0.25) is 14.5 Å². The highest BCUT2D eigenvalue weighted by Gasteiger charge is 2.36. The van der Waals surface area contributed by atoms with Gasteiger partial charge in [0, 0.05) is 0 Å². The minimum Gasteiger partial charge on any atom is -0.269 e. The zero-order chi connectivity index (χ0) is 18.3. The molecule has 1 aromatic heterocycles. The first kappa shape index (κ1) is 15.8. The molecule has 2 heterocycles. The van der Waals surface area contributed by atoms with Crippen molar-refractivity contribution in [2.45, 2.75) is 13.5 Å². The van der Waals surface area contributed by atoms with Gasteiger partial charge in [-0.15, -0.1) is 0 Å². The van der Waals surface area contributed by atoms with Gasteiger partial charge in [0.1, 0.15) is 6.07 Å². The Bertz CT molecular complexity index is 1040. The molecule has 1 aliphatic heterocycles. The third-order valence-corrected chi connectivity index (χ3v) is 4.45. The zero-order valence-corrected chi connectivity index (χ0v) is 14.0. The van der Waals surface area contributed by atoms with Crippen LogP contribution < -0.4 is 0 Å². The molecular formula is C20H14N4O2. The normalized spacial score (nSPS) is 13.0. The van der Waals surface area contributed by atoms with Gasteiger partial charge in [-0.05, 0) is 31.2 Å². The molecule has 0 radical (unpaired) electrons. The first-order valence-electron chi connectivity index (χ1n) is 8.11. The molecule has 0 bridgehead atoms. The van der Waals surface area contributed by atoms with Crippen LogP contribution in [0.25, 0.3) is 5.69 Å². The van der Waals surface area contributed by atoms with Crippen LogP contribution >= 0.6 is 0 Å². The van der Waals surface area contributed by atoms with Crippen molar-refractivity contribution < 1.29 is 9.59 Å². The van der Waals surface area contributed by atoms with Crippen molar-refractivity contribution in [2.75, 3.05) is 0 Å². The average molecular weight is 342 g/mol. The fraction of sp³-hybridized carbons (Fsp3) is 0.100. The topological polar surface area (TPSA) is 79.0 Å². The lowest BCUT2D eigenvalue weighted by atomic mass is 10.1. The Morgan fingerprint density at radius 3 is 2.12 bits per heavy atom. The summed E-state index contributed by atoms with van der Waals surface area (Å²) >= 11 is 0. The highest BCUT2D eigenvalue weighted by molar-refractivity contribution is 6.21. The first-order chi connectivity index (χ1) is 12.6. The van der Waals surface area contributed by atoms with Crippen LogP contribution in [0, 0.1) is 18.3 Å².